The Morgan fingerprint density at radius 3 is 2.71 bits per heavy atom. The minimum Gasteiger partial charge on any atom is -0.484 e. The number of carbonyl (C=O) groups excluding carboxylic acids is 1. The molecule has 0 spiro atoms. The van der Waals surface area contributed by atoms with Crippen LogP contribution in [0.1, 0.15) is 13.8 Å². The molecule has 3 heterocycles. The van der Waals surface area contributed by atoms with Gasteiger partial charge in [0.25, 0.3) is 5.91 Å². The number of imidazole rings is 1. The Labute approximate surface area is 202 Å². The van der Waals surface area contributed by atoms with E-state index in [1.165, 1.54) is 0 Å². The van der Waals surface area contributed by atoms with E-state index in [9.17, 15) is 4.79 Å². The summed E-state index contributed by atoms with van der Waals surface area (Å²) < 4.78 is 7.62. The number of aromatic amines is 1. The topological polar surface area (TPSA) is 109 Å². The molecule has 3 N–H and O–H groups in total. The van der Waals surface area contributed by atoms with E-state index in [0.29, 0.717) is 23.0 Å². The average Bonchev–Trinajstić information content (AvgIpc) is 3.52. The fraction of sp³-hybridized carbons (Fsp3) is 0.154. The van der Waals surface area contributed by atoms with Gasteiger partial charge in [-0.2, -0.15) is 5.10 Å². The van der Waals surface area contributed by atoms with Crippen molar-refractivity contribution < 1.29 is 9.53 Å². The molecule has 5 aromatic rings. The van der Waals surface area contributed by atoms with Gasteiger partial charge in [0, 0.05) is 41.4 Å². The van der Waals surface area contributed by atoms with Gasteiger partial charge in [-0.15, -0.1) is 0 Å². The minimum atomic E-state index is -0.161. The quantitative estimate of drug-likeness (QED) is 0.311. The first-order valence-corrected chi connectivity index (χ1v) is 11.3. The van der Waals surface area contributed by atoms with E-state index in [2.05, 4.69) is 25.8 Å². The average molecular weight is 468 g/mol. The normalized spacial score (nSPS) is 11.1. The maximum atomic E-state index is 11.9. The molecule has 0 fully saturated rings. The summed E-state index contributed by atoms with van der Waals surface area (Å²) in [4.78, 5) is 21.3. The number of ether oxygens (including phenoxy) is 1. The van der Waals surface area contributed by atoms with E-state index in [-0.39, 0.29) is 18.6 Å². The van der Waals surface area contributed by atoms with Gasteiger partial charge in [-0.05, 0) is 49.7 Å². The molecule has 9 nitrogen and oxygen atoms in total. The van der Waals surface area contributed by atoms with Crippen molar-refractivity contribution in [3.05, 3.63) is 79.4 Å². The number of benzene rings is 2. The molecule has 0 atom stereocenters. The Bertz CT molecular complexity index is 1440. The maximum absolute atomic E-state index is 11.9. The Morgan fingerprint density at radius 2 is 1.94 bits per heavy atom. The summed E-state index contributed by atoms with van der Waals surface area (Å²) in [5.74, 6) is 1.78. The van der Waals surface area contributed by atoms with Crippen LogP contribution in [-0.4, -0.2) is 43.1 Å². The number of amides is 1. The Hall–Kier alpha value is -4.66. The smallest absolute Gasteiger partial charge is 0.258 e. The van der Waals surface area contributed by atoms with Crippen molar-refractivity contribution in [3.8, 4) is 28.3 Å². The van der Waals surface area contributed by atoms with Gasteiger partial charge in [-0.3, -0.25) is 14.3 Å². The number of nitrogens with zero attached hydrogens (tertiary/aromatic N) is 4. The molecule has 5 rings (SSSR count). The molecular formula is C26H25N7O2. The molecule has 0 aliphatic heterocycles. The molecule has 0 aliphatic carbocycles. The molecule has 0 radical (unpaired) electrons. The Balaban J connectivity index is 1.40. The number of fused-ring (bicyclic) bond motifs is 1. The number of anilines is 2. The highest BCUT2D eigenvalue weighted by molar-refractivity contribution is 5.78. The van der Waals surface area contributed by atoms with E-state index in [1.54, 1.807) is 12.4 Å². The predicted molar refractivity (Wildman–Crippen MR) is 135 cm³/mol. The van der Waals surface area contributed by atoms with Gasteiger partial charge < -0.3 is 15.4 Å². The van der Waals surface area contributed by atoms with Gasteiger partial charge >= 0.3 is 0 Å². The molecular weight excluding hydrogens is 442 g/mol. The van der Waals surface area contributed by atoms with Crippen LogP contribution in [0.3, 0.4) is 0 Å². The number of aromatic nitrogens is 5. The van der Waals surface area contributed by atoms with E-state index in [4.69, 9.17) is 9.72 Å². The number of nitrogens with one attached hydrogen (secondary N) is 3. The van der Waals surface area contributed by atoms with E-state index in [0.717, 1.165) is 22.4 Å². The van der Waals surface area contributed by atoms with E-state index in [1.807, 2.05) is 85.2 Å². The van der Waals surface area contributed by atoms with E-state index < -0.39 is 0 Å². The highest BCUT2D eigenvalue weighted by atomic mass is 16.5. The van der Waals surface area contributed by atoms with Crippen LogP contribution in [0.4, 0.5) is 11.5 Å². The molecule has 0 saturated carbocycles. The zero-order chi connectivity index (χ0) is 24.2. The van der Waals surface area contributed by atoms with Gasteiger partial charge in [0.05, 0.1) is 6.20 Å². The standard InChI is InChI=1S/C26H25N7O2/c1-17(2)30-23(34)16-35-22-6-3-5-19(13-22)25-32-24(26-27-11-4-12-33(25)26)31-21-9-7-18(8-10-21)20-14-28-29-15-20/h3-15,17,31H,16H2,1-2H3,(H,28,29)(H,30,34). The lowest BCUT2D eigenvalue weighted by atomic mass is 10.1. The summed E-state index contributed by atoms with van der Waals surface area (Å²) in [7, 11) is 0. The minimum absolute atomic E-state index is 0.0485. The largest absolute Gasteiger partial charge is 0.484 e. The second-order valence-corrected chi connectivity index (χ2v) is 8.33. The van der Waals surface area contributed by atoms with Crippen LogP contribution in [0, 0.1) is 0 Å². The van der Waals surface area contributed by atoms with Crippen LogP contribution < -0.4 is 15.4 Å². The van der Waals surface area contributed by atoms with Crippen molar-refractivity contribution in [2.75, 3.05) is 11.9 Å². The van der Waals surface area contributed by atoms with Gasteiger partial charge in [0.1, 0.15) is 11.6 Å². The third-order valence-electron chi connectivity index (χ3n) is 5.29. The van der Waals surface area contributed by atoms with Crippen LogP contribution in [-0.2, 0) is 4.79 Å². The van der Waals surface area contributed by atoms with Crippen molar-refractivity contribution in [2.45, 2.75) is 19.9 Å². The second kappa shape index (κ2) is 9.68. The van der Waals surface area contributed by atoms with Crippen LogP contribution in [0.5, 0.6) is 5.75 Å². The van der Waals surface area contributed by atoms with Gasteiger partial charge in [-0.1, -0.05) is 24.3 Å². The fourth-order valence-corrected chi connectivity index (χ4v) is 3.74. The number of hydrogen-bond acceptors (Lipinski definition) is 6. The van der Waals surface area contributed by atoms with Crippen LogP contribution in [0.25, 0.3) is 28.2 Å². The fourth-order valence-electron chi connectivity index (χ4n) is 3.74. The zero-order valence-electron chi connectivity index (χ0n) is 19.4. The van der Waals surface area contributed by atoms with Gasteiger partial charge in [0.15, 0.2) is 18.1 Å². The first-order valence-electron chi connectivity index (χ1n) is 11.3. The highest BCUT2D eigenvalue weighted by Crippen LogP contribution is 2.29. The molecule has 35 heavy (non-hydrogen) atoms. The van der Waals surface area contributed by atoms with Crippen molar-refractivity contribution in [1.29, 1.82) is 0 Å². The zero-order valence-corrected chi connectivity index (χ0v) is 19.4. The molecule has 1 amide bonds. The lowest BCUT2D eigenvalue weighted by molar-refractivity contribution is -0.123. The summed E-state index contributed by atoms with van der Waals surface area (Å²) >= 11 is 0. The molecule has 2 aromatic carbocycles. The van der Waals surface area contributed by atoms with E-state index >= 15 is 0 Å². The van der Waals surface area contributed by atoms with Crippen LogP contribution >= 0.6 is 0 Å². The summed E-state index contributed by atoms with van der Waals surface area (Å²) in [5.41, 5.74) is 4.53. The summed E-state index contributed by atoms with van der Waals surface area (Å²) in [5, 5.41) is 13.0. The van der Waals surface area contributed by atoms with Gasteiger partial charge in [-0.25, -0.2) is 9.97 Å². The molecule has 3 aromatic heterocycles. The molecule has 0 unspecified atom stereocenters. The number of rotatable bonds is 8. The number of H-pyrrole nitrogens is 1. The van der Waals surface area contributed by atoms with Gasteiger partial charge in [0.2, 0.25) is 0 Å². The predicted octanol–water partition coefficient (Wildman–Crippen LogP) is 4.43. The first-order chi connectivity index (χ1) is 17.1. The van der Waals surface area contributed by atoms with Crippen molar-refractivity contribution in [3.63, 3.8) is 0 Å². The SMILES string of the molecule is CC(C)NC(=O)COc1cccc(-c2nc(Nc3ccc(-c4cn[nH]c4)cc3)c3ncccn23)c1. The van der Waals surface area contributed by atoms with Crippen molar-refractivity contribution in [1.82, 2.24) is 29.9 Å². The third-order valence-corrected chi connectivity index (χ3v) is 5.29. The summed E-state index contributed by atoms with van der Waals surface area (Å²) in [6, 6.07) is 17.5. The Kier molecular flexibility index (Phi) is 6.13. The number of hydrogen-bond donors (Lipinski definition) is 3. The lowest BCUT2D eigenvalue weighted by Gasteiger charge is -2.10. The molecule has 176 valence electrons. The third kappa shape index (κ3) is 4.98. The maximum Gasteiger partial charge on any atom is 0.258 e. The van der Waals surface area contributed by atoms with Crippen molar-refractivity contribution in [2.24, 2.45) is 0 Å². The van der Waals surface area contributed by atoms with Crippen LogP contribution in [0.2, 0.25) is 0 Å². The summed E-state index contributed by atoms with van der Waals surface area (Å²) in [6.07, 6.45) is 7.30. The molecule has 0 aliphatic rings. The highest BCUT2D eigenvalue weighted by Gasteiger charge is 2.15. The Morgan fingerprint density at radius 1 is 1.09 bits per heavy atom. The first kappa shape index (κ1) is 22.1. The van der Waals surface area contributed by atoms with Crippen LogP contribution in [0.15, 0.2) is 79.4 Å². The van der Waals surface area contributed by atoms with Crippen molar-refractivity contribution >= 4 is 23.1 Å². The monoisotopic (exact) mass is 467 g/mol. The number of carbonyl (C=O) groups is 1. The summed E-state index contributed by atoms with van der Waals surface area (Å²) in [6.45, 7) is 3.78. The molecule has 0 bridgehead atoms. The molecule has 0 saturated heterocycles. The second-order valence-electron chi connectivity index (χ2n) is 8.33. The molecule has 9 heteroatoms. The lowest BCUT2D eigenvalue weighted by Crippen LogP contribution is -2.34.